The van der Waals surface area contributed by atoms with Gasteiger partial charge in [0.25, 0.3) is 5.91 Å². The summed E-state index contributed by atoms with van der Waals surface area (Å²) in [7, 11) is 1.87. The predicted octanol–water partition coefficient (Wildman–Crippen LogP) is 2.60. The molecule has 0 radical (unpaired) electrons. The molecule has 8 heteroatoms. The molecule has 1 saturated heterocycles. The van der Waals surface area contributed by atoms with Crippen LogP contribution in [0.15, 0.2) is 36.9 Å². The highest BCUT2D eigenvalue weighted by molar-refractivity contribution is 5.95. The number of nitrogens with zero attached hydrogens (tertiary/aromatic N) is 7. The first kappa shape index (κ1) is 16.7. The molecule has 0 saturated carbocycles. The molecule has 0 N–H and O–H groups in total. The van der Waals surface area contributed by atoms with Gasteiger partial charge in [-0.2, -0.15) is 5.10 Å². The van der Waals surface area contributed by atoms with Crippen LogP contribution in [0.5, 0.6) is 0 Å². The smallest absolute Gasteiger partial charge is 0.272 e. The highest BCUT2D eigenvalue weighted by Gasteiger charge is 2.20. The van der Waals surface area contributed by atoms with Gasteiger partial charge in [0.05, 0.1) is 23.6 Å². The van der Waals surface area contributed by atoms with E-state index in [0.717, 1.165) is 36.9 Å². The van der Waals surface area contributed by atoms with Crippen molar-refractivity contribution in [3.05, 3.63) is 42.6 Å². The molecule has 28 heavy (non-hydrogen) atoms. The third-order valence-corrected chi connectivity index (χ3v) is 5.06. The van der Waals surface area contributed by atoms with Crippen LogP contribution in [0.1, 0.15) is 29.8 Å². The summed E-state index contributed by atoms with van der Waals surface area (Å²) < 4.78 is 1.73. The minimum absolute atomic E-state index is 0.0350. The topological polar surface area (TPSA) is 89.7 Å². The number of carbonyl (C=O) groups excluding carboxylic acids is 1. The van der Waals surface area contributed by atoms with Crippen molar-refractivity contribution in [2.24, 2.45) is 7.05 Å². The fraction of sp³-hybridized carbons (Fsp3) is 0.300. The predicted molar refractivity (Wildman–Crippen MR) is 105 cm³/mol. The second kappa shape index (κ2) is 6.63. The van der Waals surface area contributed by atoms with E-state index in [1.54, 1.807) is 29.3 Å². The number of pyridine rings is 2. The molecular weight excluding hydrogens is 354 g/mol. The van der Waals surface area contributed by atoms with Gasteiger partial charge < -0.3 is 4.90 Å². The Labute approximate surface area is 161 Å². The maximum Gasteiger partial charge on any atom is 0.272 e. The minimum atomic E-state index is -0.0350. The molecule has 1 aliphatic rings. The van der Waals surface area contributed by atoms with Gasteiger partial charge in [0.1, 0.15) is 11.2 Å². The van der Waals surface area contributed by atoms with Gasteiger partial charge in [-0.15, -0.1) is 0 Å². The molecule has 0 atom stereocenters. The standard InChI is InChI=1S/C20H19N7O/c1-26-12-14-7-13(9-23-19(14)25-26)17-10-22-18-11-21-16(8-15(18)24-17)20(28)27-5-3-2-4-6-27/h7-12H,2-6H2,1H3. The first-order valence-electron chi connectivity index (χ1n) is 9.39. The summed E-state index contributed by atoms with van der Waals surface area (Å²) in [5.41, 5.74) is 3.98. The Kier molecular flexibility index (Phi) is 3.96. The summed E-state index contributed by atoms with van der Waals surface area (Å²) in [4.78, 5) is 32.5. The highest BCUT2D eigenvalue weighted by atomic mass is 16.2. The number of rotatable bonds is 2. The molecule has 5 heterocycles. The molecule has 0 aliphatic carbocycles. The van der Waals surface area contributed by atoms with Crippen LogP contribution in [0.2, 0.25) is 0 Å². The number of carbonyl (C=O) groups is 1. The van der Waals surface area contributed by atoms with Crippen molar-refractivity contribution in [2.75, 3.05) is 13.1 Å². The van der Waals surface area contributed by atoms with E-state index in [4.69, 9.17) is 4.98 Å². The average Bonchev–Trinajstić information content (AvgIpc) is 3.12. The Hall–Kier alpha value is -3.42. The summed E-state index contributed by atoms with van der Waals surface area (Å²) in [5, 5.41) is 5.23. The Balaban J connectivity index is 1.52. The third-order valence-electron chi connectivity index (χ3n) is 5.06. The van der Waals surface area contributed by atoms with Crippen LogP contribution in [0.4, 0.5) is 0 Å². The van der Waals surface area contributed by atoms with Gasteiger partial charge in [-0.25, -0.2) is 15.0 Å². The van der Waals surface area contributed by atoms with Crippen molar-refractivity contribution < 1.29 is 4.79 Å². The summed E-state index contributed by atoms with van der Waals surface area (Å²) in [6.07, 6.45) is 10.3. The molecule has 4 aromatic heterocycles. The fourth-order valence-electron chi connectivity index (χ4n) is 3.60. The van der Waals surface area contributed by atoms with Crippen molar-refractivity contribution >= 4 is 28.0 Å². The van der Waals surface area contributed by atoms with E-state index in [1.807, 2.05) is 24.2 Å². The molecule has 8 nitrogen and oxygen atoms in total. The molecule has 0 unspecified atom stereocenters. The maximum atomic E-state index is 12.7. The van der Waals surface area contributed by atoms with Crippen molar-refractivity contribution in [2.45, 2.75) is 19.3 Å². The fourth-order valence-corrected chi connectivity index (χ4v) is 3.60. The number of hydrogen-bond donors (Lipinski definition) is 0. The number of aryl methyl sites for hydroxylation is 1. The monoisotopic (exact) mass is 373 g/mol. The van der Waals surface area contributed by atoms with Gasteiger partial charge in [0.2, 0.25) is 0 Å². The zero-order chi connectivity index (χ0) is 19.1. The van der Waals surface area contributed by atoms with Crippen LogP contribution < -0.4 is 0 Å². The zero-order valence-corrected chi connectivity index (χ0v) is 15.5. The third kappa shape index (κ3) is 2.96. The molecular formula is C20H19N7O. The second-order valence-corrected chi connectivity index (χ2v) is 7.11. The lowest BCUT2D eigenvalue weighted by Crippen LogP contribution is -2.36. The normalized spacial score (nSPS) is 14.7. The summed E-state index contributed by atoms with van der Waals surface area (Å²) >= 11 is 0. The van der Waals surface area contributed by atoms with Crippen molar-refractivity contribution in [3.8, 4) is 11.3 Å². The number of hydrogen-bond acceptors (Lipinski definition) is 6. The molecule has 0 aromatic carbocycles. The lowest BCUT2D eigenvalue weighted by molar-refractivity contribution is 0.0718. The highest BCUT2D eigenvalue weighted by Crippen LogP contribution is 2.22. The number of aromatic nitrogens is 6. The van der Waals surface area contributed by atoms with Gasteiger partial charge >= 0.3 is 0 Å². The largest absolute Gasteiger partial charge is 0.337 e. The van der Waals surface area contributed by atoms with Crippen molar-refractivity contribution in [3.63, 3.8) is 0 Å². The van der Waals surface area contributed by atoms with Gasteiger partial charge in [0.15, 0.2) is 5.65 Å². The van der Waals surface area contributed by atoms with E-state index in [9.17, 15) is 4.79 Å². The van der Waals surface area contributed by atoms with E-state index in [1.165, 1.54) is 6.42 Å². The zero-order valence-electron chi connectivity index (χ0n) is 15.5. The Morgan fingerprint density at radius 3 is 2.68 bits per heavy atom. The second-order valence-electron chi connectivity index (χ2n) is 7.11. The molecule has 1 aliphatic heterocycles. The van der Waals surface area contributed by atoms with E-state index in [0.29, 0.717) is 28.1 Å². The molecule has 140 valence electrons. The first-order chi connectivity index (χ1) is 13.7. The number of piperidine rings is 1. The van der Waals surface area contributed by atoms with Gasteiger partial charge in [-0.1, -0.05) is 0 Å². The SMILES string of the molecule is Cn1cc2cc(-c3cnc4cnc(C(=O)N5CCCCC5)cc4n3)cnc2n1. The van der Waals surface area contributed by atoms with Gasteiger partial charge in [0, 0.05) is 43.5 Å². The Morgan fingerprint density at radius 1 is 0.964 bits per heavy atom. The number of likely N-dealkylation sites (tertiary alicyclic amines) is 1. The van der Waals surface area contributed by atoms with E-state index in [2.05, 4.69) is 20.1 Å². The minimum Gasteiger partial charge on any atom is -0.337 e. The average molecular weight is 373 g/mol. The summed E-state index contributed by atoms with van der Waals surface area (Å²) in [5.74, 6) is -0.0350. The van der Waals surface area contributed by atoms with Gasteiger partial charge in [-0.05, 0) is 31.4 Å². The molecule has 0 bridgehead atoms. The van der Waals surface area contributed by atoms with Gasteiger partial charge in [-0.3, -0.25) is 14.5 Å². The lowest BCUT2D eigenvalue weighted by atomic mass is 10.1. The quantitative estimate of drug-likeness (QED) is 0.536. The molecule has 0 spiro atoms. The molecule has 1 amide bonds. The van der Waals surface area contributed by atoms with E-state index < -0.39 is 0 Å². The Morgan fingerprint density at radius 2 is 1.82 bits per heavy atom. The summed E-state index contributed by atoms with van der Waals surface area (Å²) in [6, 6.07) is 3.73. The van der Waals surface area contributed by atoms with E-state index in [-0.39, 0.29) is 5.91 Å². The first-order valence-corrected chi connectivity index (χ1v) is 9.39. The lowest BCUT2D eigenvalue weighted by Gasteiger charge is -2.26. The Bertz CT molecular complexity index is 1190. The van der Waals surface area contributed by atoms with Crippen LogP contribution >= 0.6 is 0 Å². The molecule has 4 aromatic rings. The van der Waals surface area contributed by atoms with Crippen molar-refractivity contribution in [1.29, 1.82) is 0 Å². The van der Waals surface area contributed by atoms with Crippen LogP contribution in [0.25, 0.3) is 33.3 Å². The van der Waals surface area contributed by atoms with Crippen LogP contribution in [0, 0.1) is 0 Å². The van der Waals surface area contributed by atoms with Crippen LogP contribution in [-0.4, -0.2) is 53.6 Å². The maximum absolute atomic E-state index is 12.7. The molecule has 1 fully saturated rings. The van der Waals surface area contributed by atoms with Crippen molar-refractivity contribution in [1.82, 2.24) is 34.6 Å². The summed E-state index contributed by atoms with van der Waals surface area (Å²) in [6.45, 7) is 1.59. The molecule has 5 rings (SSSR count). The van der Waals surface area contributed by atoms with Crippen LogP contribution in [0.3, 0.4) is 0 Å². The number of fused-ring (bicyclic) bond motifs is 2. The van der Waals surface area contributed by atoms with Crippen LogP contribution in [-0.2, 0) is 7.05 Å². The van der Waals surface area contributed by atoms with E-state index >= 15 is 0 Å². The number of amides is 1.